The van der Waals surface area contributed by atoms with Gasteiger partial charge in [-0.3, -0.25) is 19.3 Å². The number of esters is 1. The third-order valence-electron chi connectivity index (χ3n) is 6.64. The molecule has 0 bridgehead atoms. The number of nitrogens with one attached hydrogen (secondary N) is 2. The number of rotatable bonds is 6. The van der Waals surface area contributed by atoms with Crippen molar-refractivity contribution >= 4 is 34.6 Å². The Kier molecular flexibility index (Phi) is 5.56. The van der Waals surface area contributed by atoms with Gasteiger partial charge in [0.15, 0.2) is 6.61 Å². The monoisotopic (exact) mass is 425 g/mol. The minimum Gasteiger partial charge on any atom is -0.456 e. The van der Waals surface area contributed by atoms with Crippen LogP contribution >= 0.6 is 0 Å². The quantitative estimate of drug-likeness (QED) is 0.420. The van der Waals surface area contributed by atoms with Crippen molar-refractivity contribution in [3.05, 3.63) is 35.5 Å². The van der Waals surface area contributed by atoms with Gasteiger partial charge in [-0.2, -0.15) is 0 Å². The first kappa shape index (κ1) is 21.1. The van der Waals surface area contributed by atoms with Crippen LogP contribution in [-0.2, 0) is 20.7 Å². The number of aryl methyl sites for hydroxylation is 1. The number of imide groups is 1. The number of carbonyl (C=O) groups excluding carboxylic acids is 4. The lowest BCUT2D eigenvalue weighted by Gasteiger charge is -2.36. The van der Waals surface area contributed by atoms with Gasteiger partial charge in [-0.05, 0) is 30.7 Å². The number of benzene rings is 1. The van der Waals surface area contributed by atoms with Crippen molar-refractivity contribution in [2.75, 3.05) is 13.2 Å². The van der Waals surface area contributed by atoms with Crippen LogP contribution in [0, 0.1) is 5.92 Å². The zero-order chi connectivity index (χ0) is 22.2. The van der Waals surface area contributed by atoms with Crippen molar-refractivity contribution in [1.82, 2.24) is 15.2 Å². The van der Waals surface area contributed by atoms with E-state index >= 15 is 0 Å². The fourth-order valence-electron chi connectivity index (χ4n) is 4.78. The Bertz CT molecular complexity index is 1060. The second kappa shape index (κ2) is 8.17. The molecule has 2 heterocycles. The molecule has 1 saturated carbocycles. The first-order valence-electron chi connectivity index (χ1n) is 10.8. The van der Waals surface area contributed by atoms with Gasteiger partial charge in [-0.15, -0.1) is 0 Å². The Balaban J connectivity index is 1.39. The van der Waals surface area contributed by atoms with Crippen molar-refractivity contribution < 1.29 is 23.9 Å². The highest BCUT2D eigenvalue weighted by molar-refractivity contribution is 6.10. The molecule has 1 aliphatic heterocycles. The largest absolute Gasteiger partial charge is 0.456 e. The molecule has 8 heteroatoms. The van der Waals surface area contributed by atoms with Crippen molar-refractivity contribution in [3.8, 4) is 0 Å². The summed E-state index contributed by atoms with van der Waals surface area (Å²) in [5.41, 5.74) is 1.51. The van der Waals surface area contributed by atoms with Gasteiger partial charge in [-0.25, -0.2) is 4.79 Å². The third kappa shape index (κ3) is 3.60. The highest BCUT2D eigenvalue weighted by Gasteiger charge is 2.55. The third-order valence-corrected chi connectivity index (χ3v) is 6.64. The summed E-state index contributed by atoms with van der Waals surface area (Å²) < 4.78 is 5.12. The molecule has 1 aromatic carbocycles. The Morgan fingerprint density at radius 3 is 2.81 bits per heavy atom. The molecule has 4 rings (SSSR count). The number of urea groups is 1. The van der Waals surface area contributed by atoms with Crippen LogP contribution in [0.2, 0.25) is 0 Å². The van der Waals surface area contributed by atoms with Crippen LogP contribution in [0.1, 0.15) is 55.5 Å². The maximum atomic E-state index is 12.9. The summed E-state index contributed by atoms with van der Waals surface area (Å²) in [5, 5.41) is 3.58. The number of hydrogen-bond donors (Lipinski definition) is 2. The van der Waals surface area contributed by atoms with Gasteiger partial charge in [0.05, 0.1) is 0 Å². The van der Waals surface area contributed by atoms with E-state index in [9.17, 15) is 19.2 Å². The number of hydrogen-bond acceptors (Lipinski definition) is 5. The lowest BCUT2D eigenvalue weighted by molar-refractivity contribution is -0.147. The van der Waals surface area contributed by atoms with E-state index in [1.54, 1.807) is 6.20 Å². The van der Waals surface area contributed by atoms with Gasteiger partial charge >= 0.3 is 12.0 Å². The summed E-state index contributed by atoms with van der Waals surface area (Å²) in [4.78, 5) is 54.3. The number of amides is 3. The molecular formula is C23H27N3O5. The number of nitrogens with zero attached hydrogens (tertiary/aromatic N) is 1. The van der Waals surface area contributed by atoms with Gasteiger partial charge in [-0.1, -0.05) is 44.9 Å². The zero-order valence-corrected chi connectivity index (χ0v) is 17.8. The second-order valence-electron chi connectivity index (χ2n) is 8.42. The topological polar surface area (TPSA) is 109 Å². The molecule has 8 nitrogen and oxygen atoms in total. The maximum absolute atomic E-state index is 12.9. The van der Waals surface area contributed by atoms with Crippen molar-refractivity contribution in [3.63, 3.8) is 0 Å². The minimum atomic E-state index is -0.924. The summed E-state index contributed by atoms with van der Waals surface area (Å²) in [6.45, 7) is 3.03. The molecule has 31 heavy (non-hydrogen) atoms. The number of Topliss-reactive ketones (excluding diaryl/α,β-unsaturated/α-hetero) is 1. The van der Waals surface area contributed by atoms with Crippen LogP contribution < -0.4 is 5.32 Å². The van der Waals surface area contributed by atoms with Gasteiger partial charge in [0.2, 0.25) is 5.78 Å². The van der Waals surface area contributed by atoms with Gasteiger partial charge in [0.1, 0.15) is 12.1 Å². The van der Waals surface area contributed by atoms with E-state index < -0.39 is 30.7 Å². The highest BCUT2D eigenvalue weighted by Crippen LogP contribution is 2.38. The standard InChI is InChI=1S/C23H27N3O5/c1-3-15-8-6-9-16-17(11-24-20(15)16)18(27)13-31-19(28)12-26-21(29)23(25-22(26)30)10-5-4-7-14(23)2/h6,8-9,11,14,24H,3-5,7,10,12-13H2,1-2H3,(H,25,30)/t14-,23+/m1/s1. The molecule has 0 unspecified atom stereocenters. The number of ketones is 1. The first-order valence-corrected chi connectivity index (χ1v) is 10.8. The molecule has 1 aliphatic carbocycles. The Labute approximate surface area is 180 Å². The highest BCUT2D eigenvalue weighted by atomic mass is 16.5. The van der Waals surface area contributed by atoms with Crippen LogP contribution in [0.3, 0.4) is 0 Å². The number of H-pyrrole nitrogens is 1. The van der Waals surface area contributed by atoms with Gasteiger partial charge in [0.25, 0.3) is 5.91 Å². The summed E-state index contributed by atoms with van der Waals surface area (Å²) in [7, 11) is 0. The van der Waals surface area contributed by atoms with Crippen LogP contribution in [0.15, 0.2) is 24.4 Å². The predicted octanol–water partition coefficient (Wildman–Crippen LogP) is 2.96. The maximum Gasteiger partial charge on any atom is 0.326 e. The molecule has 2 atom stereocenters. The summed E-state index contributed by atoms with van der Waals surface area (Å²) in [5.74, 6) is -1.50. The minimum absolute atomic E-state index is 0.00943. The van der Waals surface area contributed by atoms with Crippen LogP contribution in [0.4, 0.5) is 4.79 Å². The number of aromatic amines is 1. The number of fused-ring (bicyclic) bond motifs is 1. The molecule has 2 aliphatic rings. The van der Waals surface area contributed by atoms with E-state index in [4.69, 9.17) is 4.74 Å². The van der Waals surface area contributed by atoms with Crippen molar-refractivity contribution in [2.45, 2.75) is 51.5 Å². The molecule has 3 amide bonds. The van der Waals surface area contributed by atoms with Crippen LogP contribution in [0.25, 0.3) is 10.9 Å². The van der Waals surface area contributed by atoms with E-state index in [1.165, 1.54) is 0 Å². The first-order chi connectivity index (χ1) is 14.9. The molecule has 2 N–H and O–H groups in total. The molecule has 0 radical (unpaired) electrons. The van der Waals surface area contributed by atoms with E-state index in [0.29, 0.717) is 12.0 Å². The van der Waals surface area contributed by atoms with Gasteiger partial charge < -0.3 is 15.0 Å². The molecule has 2 aromatic rings. The van der Waals surface area contributed by atoms with Crippen molar-refractivity contribution in [2.24, 2.45) is 5.92 Å². The summed E-state index contributed by atoms with van der Waals surface area (Å²) in [6, 6.07) is 5.14. The predicted molar refractivity (Wildman–Crippen MR) is 114 cm³/mol. The van der Waals surface area contributed by atoms with Crippen LogP contribution in [0.5, 0.6) is 0 Å². The lowest BCUT2D eigenvalue weighted by Crippen LogP contribution is -2.54. The molecule has 1 aromatic heterocycles. The average molecular weight is 425 g/mol. The fourth-order valence-corrected chi connectivity index (χ4v) is 4.78. The molecule has 1 spiro atoms. The number of ether oxygens (including phenoxy) is 1. The number of para-hydroxylation sites is 1. The Morgan fingerprint density at radius 1 is 1.26 bits per heavy atom. The fraction of sp³-hybridized carbons (Fsp3) is 0.478. The lowest BCUT2D eigenvalue weighted by atomic mass is 9.73. The molecule has 1 saturated heterocycles. The zero-order valence-electron chi connectivity index (χ0n) is 17.8. The SMILES string of the molecule is CCc1cccc2c(C(=O)COC(=O)CN3C(=O)N[C@]4(CCCC[C@H]4C)C3=O)c[nH]c12. The second-order valence-corrected chi connectivity index (χ2v) is 8.42. The molecular weight excluding hydrogens is 398 g/mol. The van der Waals surface area contributed by atoms with E-state index in [2.05, 4.69) is 10.3 Å². The average Bonchev–Trinajstić information content (AvgIpc) is 3.30. The number of aromatic nitrogens is 1. The molecule has 2 fully saturated rings. The Morgan fingerprint density at radius 2 is 2.06 bits per heavy atom. The van der Waals surface area contributed by atoms with E-state index in [0.717, 1.165) is 47.0 Å². The molecule has 164 valence electrons. The van der Waals surface area contributed by atoms with E-state index in [-0.39, 0.29) is 17.6 Å². The smallest absolute Gasteiger partial charge is 0.326 e. The normalized spacial score (nSPS) is 23.4. The van der Waals surface area contributed by atoms with E-state index in [1.807, 2.05) is 32.0 Å². The number of carbonyl (C=O) groups is 4. The van der Waals surface area contributed by atoms with Gasteiger partial charge in [0, 0.05) is 22.7 Å². The summed E-state index contributed by atoms with van der Waals surface area (Å²) in [6.07, 6.45) is 5.74. The Hall–Kier alpha value is -3.16. The van der Waals surface area contributed by atoms with Crippen LogP contribution in [-0.4, -0.2) is 52.3 Å². The summed E-state index contributed by atoms with van der Waals surface area (Å²) >= 11 is 0. The van der Waals surface area contributed by atoms with Crippen molar-refractivity contribution in [1.29, 1.82) is 0 Å².